The molecule has 2 N–H and O–H groups in total. The summed E-state index contributed by atoms with van der Waals surface area (Å²) in [6, 6.07) is 8.00. The predicted molar refractivity (Wildman–Crippen MR) is 89.1 cm³/mol. The number of hydrogen-bond donors (Lipinski definition) is 2. The molecule has 2 aromatic rings. The van der Waals surface area contributed by atoms with Gasteiger partial charge in [0.2, 0.25) is 0 Å². The molecule has 0 saturated carbocycles. The third-order valence-electron chi connectivity index (χ3n) is 2.78. The number of anilines is 3. The van der Waals surface area contributed by atoms with Crippen molar-refractivity contribution in [2.75, 3.05) is 24.3 Å². The first-order valence-corrected chi connectivity index (χ1v) is 7.57. The Morgan fingerprint density at radius 2 is 1.90 bits per heavy atom. The fourth-order valence-electron chi connectivity index (χ4n) is 1.90. The van der Waals surface area contributed by atoms with Gasteiger partial charge in [0.1, 0.15) is 18.2 Å². The highest BCUT2D eigenvalue weighted by molar-refractivity contribution is 9.10. The minimum Gasteiger partial charge on any atom is -0.374 e. The van der Waals surface area contributed by atoms with E-state index in [1.807, 2.05) is 26.1 Å². The second-order valence-electron chi connectivity index (χ2n) is 4.58. The van der Waals surface area contributed by atoms with Gasteiger partial charge in [0.05, 0.1) is 0 Å². The maximum atomic E-state index is 5.37. The van der Waals surface area contributed by atoms with E-state index in [2.05, 4.69) is 55.6 Å². The van der Waals surface area contributed by atoms with E-state index in [0.29, 0.717) is 19.0 Å². The average molecular weight is 351 g/mol. The Morgan fingerprint density at radius 3 is 2.57 bits per heavy atom. The largest absolute Gasteiger partial charge is 0.374 e. The lowest BCUT2D eigenvalue weighted by molar-refractivity contribution is 0.128. The van der Waals surface area contributed by atoms with Crippen LogP contribution in [0.25, 0.3) is 0 Å². The normalized spacial score (nSPS) is 10.5. The van der Waals surface area contributed by atoms with Crippen LogP contribution in [0.1, 0.15) is 18.3 Å². The van der Waals surface area contributed by atoms with E-state index in [-0.39, 0.29) is 0 Å². The van der Waals surface area contributed by atoms with E-state index >= 15 is 0 Å². The zero-order valence-corrected chi connectivity index (χ0v) is 14.0. The van der Waals surface area contributed by atoms with Crippen molar-refractivity contribution in [2.24, 2.45) is 0 Å². The van der Waals surface area contributed by atoms with Crippen LogP contribution in [-0.4, -0.2) is 23.6 Å². The molecular formula is C15H19BrN4O. The Bertz CT molecular complexity index is 598. The average Bonchev–Trinajstić information content (AvgIpc) is 2.43. The third kappa shape index (κ3) is 4.68. The van der Waals surface area contributed by atoms with Crippen molar-refractivity contribution in [3.05, 3.63) is 40.1 Å². The van der Waals surface area contributed by atoms with Crippen molar-refractivity contribution < 1.29 is 4.74 Å². The van der Waals surface area contributed by atoms with Gasteiger partial charge in [-0.3, -0.25) is 0 Å². The van der Waals surface area contributed by atoms with Crippen LogP contribution >= 0.6 is 15.9 Å². The first kappa shape index (κ1) is 15.7. The lowest BCUT2D eigenvalue weighted by Gasteiger charge is -2.11. The van der Waals surface area contributed by atoms with Crippen LogP contribution in [-0.2, 0) is 11.3 Å². The van der Waals surface area contributed by atoms with Crippen molar-refractivity contribution >= 4 is 33.3 Å². The van der Waals surface area contributed by atoms with Crippen molar-refractivity contribution in [2.45, 2.75) is 20.5 Å². The molecule has 0 spiro atoms. The molecule has 5 nitrogen and oxygen atoms in total. The Balaban J connectivity index is 2.25. The number of rotatable bonds is 6. The molecule has 0 fully saturated rings. The van der Waals surface area contributed by atoms with E-state index in [9.17, 15) is 0 Å². The fourth-order valence-corrected chi connectivity index (χ4v) is 2.51. The molecule has 6 heteroatoms. The SMILES string of the molecule is CCOCc1nc(NC)cc(Nc2cc(C)cc(Br)c2)n1. The van der Waals surface area contributed by atoms with E-state index in [0.717, 1.165) is 21.8 Å². The van der Waals surface area contributed by atoms with Crippen LogP contribution in [0.2, 0.25) is 0 Å². The minimum atomic E-state index is 0.401. The van der Waals surface area contributed by atoms with Crippen LogP contribution < -0.4 is 10.6 Å². The highest BCUT2D eigenvalue weighted by Crippen LogP contribution is 2.23. The van der Waals surface area contributed by atoms with Gasteiger partial charge in [-0.25, -0.2) is 9.97 Å². The van der Waals surface area contributed by atoms with Gasteiger partial charge in [0, 0.05) is 29.9 Å². The van der Waals surface area contributed by atoms with Crippen LogP contribution in [0.3, 0.4) is 0 Å². The monoisotopic (exact) mass is 350 g/mol. The second-order valence-corrected chi connectivity index (χ2v) is 5.50. The van der Waals surface area contributed by atoms with E-state index in [1.54, 1.807) is 0 Å². The lowest BCUT2D eigenvalue weighted by atomic mass is 10.2. The molecule has 0 aliphatic rings. The summed E-state index contributed by atoms with van der Waals surface area (Å²) in [7, 11) is 1.83. The summed E-state index contributed by atoms with van der Waals surface area (Å²) in [4.78, 5) is 8.84. The van der Waals surface area contributed by atoms with Crippen molar-refractivity contribution in [3.63, 3.8) is 0 Å². The third-order valence-corrected chi connectivity index (χ3v) is 3.24. The first-order chi connectivity index (χ1) is 10.1. The van der Waals surface area contributed by atoms with Crippen molar-refractivity contribution in [3.8, 4) is 0 Å². The maximum Gasteiger partial charge on any atom is 0.158 e. The molecule has 2 rings (SSSR count). The Kier molecular flexibility index (Phi) is 5.52. The van der Waals surface area contributed by atoms with Crippen molar-refractivity contribution in [1.82, 2.24) is 9.97 Å². The predicted octanol–water partition coefficient (Wildman–Crippen LogP) is 3.87. The molecule has 0 aliphatic heterocycles. The van der Waals surface area contributed by atoms with Crippen LogP contribution in [0, 0.1) is 6.92 Å². The van der Waals surface area contributed by atoms with Gasteiger partial charge in [0.15, 0.2) is 5.82 Å². The minimum absolute atomic E-state index is 0.401. The maximum absolute atomic E-state index is 5.37. The number of nitrogens with zero attached hydrogens (tertiary/aromatic N) is 2. The molecule has 112 valence electrons. The Morgan fingerprint density at radius 1 is 1.14 bits per heavy atom. The molecule has 0 aliphatic carbocycles. The van der Waals surface area contributed by atoms with Gasteiger partial charge in [0.25, 0.3) is 0 Å². The van der Waals surface area contributed by atoms with Gasteiger partial charge < -0.3 is 15.4 Å². The molecule has 0 saturated heterocycles. The van der Waals surface area contributed by atoms with E-state index in [1.165, 1.54) is 5.56 Å². The molecule has 1 aromatic carbocycles. The summed E-state index contributed by atoms with van der Waals surface area (Å²) in [6.07, 6.45) is 0. The summed E-state index contributed by atoms with van der Waals surface area (Å²) in [5.41, 5.74) is 2.15. The Hall–Kier alpha value is -1.66. The summed E-state index contributed by atoms with van der Waals surface area (Å²) in [5, 5.41) is 6.34. The Labute approximate surface area is 133 Å². The van der Waals surface area contributed by atoms with Gasteiger partial charge in [-0.2, -0.15) is 0 Å². The molecule has 1 aromatic heterocycles. The second kappa shape index (κ2) is 7.38. The smallest absolute Gasteiger partial charge is 0.158 e. The van der Waals surface area contributed by atoms with Gasteiger partial charge >= 0.3 is 0 Å². The molecular weight excluding hydrogens is 332 g/mol. The van der Waals surface area contributed by atoms with E-state index in [4.69, 9.17) is 4.74 Å². The molecule has 0 unspecified atom stereocenters. The molecule has 0 atom stereocenters. The number of nitrogens with one attached hydrogen (secondary N) is 2. The zero-order chi connectivity index (χ0) is 15.2. The topological polar surface area (TPSA) is 59.1 Å². The number of halogens is 1. The quantitative estimate of drug-likeness (QED) is 0.827. The lowest BCUT2D eigenvalue weighted by Crippen LogP contribution is -2.05. The van der Waals surface area contributed by atoms with Gasteiger partial charge in [-0.15, -0.1) is 0 Å². The summed E-state index contributed by atoms with van der Waals surface area (Å²) in [5.74, 6) is 2.15. The van der Waals surface area contributed by atoms with Crippen LogP contribution in [0.4, 0.5) is 17.3 Å². The van der Waals surface area contributed by atoms with Crippen molar-refractivity contribution in [1.29, 1.82) is 0 Å². The molecule has 21 heavy (non-hydrogen) atoms. The summed E-state index contributed by atoms with van der Waals surface area (Å²) in [6.45, 7) is 5.04. The summed E-state index contributed by atoms with van der Waals surface area (Å²) >= 11 is 3.50. The van der Waals surface area contributed by atoms with Crippen LogP contribution in [0.5, 0.6) is 0 Å². The molecule has 1 heterocycles. The number of aromatic nitrogens is 2. The number of aryl methyl sites for hydroxylation is 1. The van der Waals surface area contributed by atoms with E-state index < -0.39 is 0 Å². The molecule has 0 bridgehead atoms. The van der Waals surface area contributed by atoms with Gasteiger partial charge in [-0.05, 0) is 37.6 Å². The standard InChI is InChI=1S/C15H19BrN4O/c1-4-21-9-15-19-13(17-3)8-14(20-15)18-12-6-10(2)5-11(16)7-12/h5-8H,4,9H2,1-3H3,(H2,17,18,19,20). The molecule has 0 amide bonds. The summed E-state index contributed by atoms with van der Waals surface area (Å²) < 4.78 is 6.40. The fraction of sp³-hybridized carbons (Fsp3) is 0.333. The number of benzene rings is 1. The zero-order valence-electron chi connectivity index (χ0n) is 12.4. The number of hydrogen-bond acceptors (Lipinski definition) is 5. The highest BCUT2D eigenvalue weighted by Gasteiger charge is 2.05. The van der Waals surface area contributed by atoms with Gasteiger partial charge in [-0.1, -0.05) is 15.9 Å². The molecule has 0 radical (unpaired) electrons. The first-order valence-electron chi connectivity index (χ1n) is 6.78. The highest BCUT2D eigenvalue weighted by atomic mass is 79.9. The number of ether oxygens (including phenoxy) is 1. The van der Waals surface area contributed by atoms with Crippen LogP contribution in [0.15, 0.2) is 28.7 Å².